The Morgan fingerprint density at radius 3 is 2.50 bits per heavy atom. The quantitative estimate of drug-likeness (QED) is 0.398. The Morgan fingerprint density at radius 2 is 2.00 bits per heavy atom. The summed E-state index contributed by atoms with van der Waals surface area (Å²) in [5.74, 6) is 1.03. The smallest absolute Gasteiger partial charge is 0.0145 e. The average Bonchev–Trinajstić information content (AvgIpc) is 1.89. The number of halogens is 1. The summed E-state index contributed by atoms with van der Waals surface area (Å²) in [7, 11) is 0. The topological polar surface area (TPSA) is 0 Å². The lowest BCUT2D eigenvalue weighted by molar-refractivity contribution is 0.649. The number of rotatable bonds is 6. The molecule has 0 amide bonds. The Morgan fingerprint density at radius 1 is 1.30 bits per heavy atom. The predicted octanol–water partition coefficient (Wildman–Crippen LogP) is 3.65. The van der Waals surface area contributed by atoms with Gasteiger partial charge in [0.2, 0.25) is 0 Å². The zero-order valence-electron chi connectivity index (χ0n) is 6.65. The predicted molar refractivity (Wildman–Crippen MR) is 55.3 cm³/mol. The molecule has 0 aromatic carbocycles. The molecule has 0 aliphatic rings. The standard InChI is InChI=1S/C8H17BrS/c1-2-5-8(9)6-3-4-7-10/h8,10H,2-7H2,1H3/t8-/m1/s1. The molecule has 10 heavy (non-hydrogen) atoms. The van der Waals surface area contributed by atoms with Crippen LogP contribution in [0.4, 0.5) is 0 Å². The van der Waals surface area contributed by atoms with Gasteiger partial charge in [-0.05, 0) is 25.0 Å². The van der Waals surface area contributed by atoms with Crippen LogP contribution < -0.4 is 0 Å². The number of alkyl halides is 1. The van der Waals surface area contributed by atoms with Crippen LogP contribution in [0.5, 0.6) is 0 Å². The second kappa shape index (κ2) is 7.93. The van der Waals surface area contributed by atoms with Crippen molar-refractivity contribution in [2.75, 3.05) is 5.75 Å². The summed E-state index contributed by atoms with van der Waals surface area (Å²) in [5, 5.41) is 0. The minimum Gasteiger partial charge on any atom is -0.179 e. The van der Waals surface area contributed by atoms with Crippen LogP contribution in [-0.2, 0) is 0 Å². The molecule has 0 bridgehead atoms. The Hall–Kier alpha value is 0.830. The Bertz CT molecular complexity index is 66.3. The van der Waals surface area contributed by atoms with Crippen LogP contribution in [-0.4, -0.2) is 10.6 Å². The Labute approximate surface area is 78.3 Å². The lowest BCUT2D eigenvalue weighted by Gasteiger charge is -2.05. The highest BCUT2D eigenvalue weighted by molar-refractivity contribution is 9.09. The van der Waals surface area contributed by atoms with Crippen molar-refractivity contribution in [3.8, 4) is 0 Å². The van der Waals surface area contributed by atoms with Gasteiger partial charge in [0, 0.05) is 4.83 Å². The Kier molecular flexibility index (Phi) is 8.59. The monoisotopic (exact) mass is 224 g/mol. The third-order valence-corrected chi connectivity index (χ3v) is 2.76. The highest BCUT2D eigenvalue weighted by atomic mass is 79.9. The van der Waals surface area contributed by atoms with Gasteiger partial charge >= 0.3 is 0 Å². The van der Waals surface area contributed by atoms with Crippen molar-refractivity contribution >= 4 is 28.6 Å². The van der Waals surface area contributed by atoms with E-state index >= 15 is 0 Å². The SMILES string of the molecule is CCC[C@@H](Br)CCCCS. The number of thiol groups is 1. The molecule has 0 aromatic rings. The van der Waals surface area contributed by atoms with E-state index in [1.54, 1.807) is 0 Å². The summed E-state index contributed by atoms with van der Waals surface area (Å²) < 4.78 is 0. The number of hydrogen-bond donors (Lipinski definition) is 1. The lowest BCUT2D eigenvalue weighted by Crippen LogP contribution is -1.96. The lowest BCUT2D eigenvalue weighted by atomic mass is 10.1. The van der Waals surface area contributed by atoms with Crippen molar-refractivity contribution in [3.63, 3.8) is 0 Å². The normalized spacial score (nSPS) is 13.5. The van der Waals surface area contributed by atoms with Gasteiger partial charge in [-0.25, -0.2) is 0 Å². The average molecular weight is 225 g/mol. The van der Waals surface area contributed by atoms with Crippen LogP contribution in [0.3, 0.4) is 0 Å². The molecule has 0 aliphatic heterocycles. The molecule has 0 fully saturated rings. The van der Waals surface area contributed by atoms with E-state index in [9.17, 15) is 0 Å². The Balaban J connectivity index is 2.97. The van der Waals surface area contributed by atoms with E-state index in [4.69, 9.17) is 0 Å². The summed E-state index contributed by atoms with van der Waals surface area (Å²) in [4.78, 5) is 0.748. The van der Waals surface area contributed by atoms with E-state index in [-0.39, 0.29) is 0 Å². The minimum absolute atomic E-state index is 0.748. The first-order chi connectivity index (χ1) is 4.81. The zero-order chi connectivity index (χ0) is 7.82. The van der Waals surface area contributed by atoms with Gasteiger partial charge in [0.15, 0.2) is 0 Å². The summed E-state index contributed by atoms with van der Waals surface area (Å²) >= 11 is 7.80. The maximum Gasteiger partial charge on any atom is 0.0145 e. The molecule has 2 heteroatoms. The van der Waals surface area contributed by atoms with Gasteiger partial charge in [-0.2, -0.15) is 12.6 Å². The summed E-state index contributed by atoms with van der Waals surface area (Å²) in [5.41, 5.74) is 0. The van der Waals surface area contributed by atoms with E-state index in [1.807, 2.05) is 0 Å². The zero-order valence-corrected chi connectivity index (χ0v) is 9.13. The highest BCUT2D eigenvalue weighted by Gasteiger charge is 2.00. The second-order valence-corrected chi connectivity index (χ2v) is 4.35. The molecule has 0 rings (SSSR count). The van der Waals surface area contributed by atoms with Gasteiger partial charge < -0.3 is 0 Å². The first-order valence-electron chi connectivity index (χ1n) is 4.06. The van der Waals surface area contributed by atoms with Crippen molar-refractivity contribution < 1.29 is 0 Å². The van der Waals surface area contributed by atoms with Crippen molar-refractivity contribution in [3.05, 3.63) is 0 Å². The van der Waals surface area contributed by atoms with Crippen LogP contribution in [0.15, 0.2) is 0 Å². The van der Waals surface area contributed by atoms with Gasteiger partial charge in [0.1, 0.15) is 0 Å². The molecule has 0 saturated heterocycles. The van der Waals surface area contributed by atoms with E-state index in [1.165, 1.54) is 32.1 Å². The van der Waals surface area contributed by atoms with Crippen LogP contribution in [0.2, 0.25) is 0 Å². The van der Waals surface area contributed by atoms with Crippen molar-refractivity contribution in [2.24, 2.45) is 0 Å². The third-order valence-electron chi connectivity index (χ3n) is 1.53. The molecule has 0 aromatic heterocycles. The van der Waals surface area contributed by atoms with Crippen LogP contribution in [0, 0.1) is 0 Å². The van der Waals surface area contributed by atoms with Gasteiger partial charge in [-0.1, -0.05) is 35.7 Å². The minimum atomic E-state index is 0.748. The van der Waals surface area contributed by atoms with Gasteiger partial charge in [0.25, 0.3) is 0 Å². The number of hydrogen-bond acceptors (Lipinski definition) is 1. The molecular weight excluding hydrogens is 208 g/mol. The molecular formula is C8H17BrS. The molecule has 0 radical (unpaired) electrons. The fraction of sp³-hybridized carbons (Fsp3) is 1.00. The summed E-state index contributed by atoms with van der Waals surface area (Å²) in [6.07, 6.45) is 6.49. The summed E-state index contributed by atoms with van der Waals surface area (Å²) in [6.45, 7) is 2.23. The van der Waals surface area contributed by atoms with Crippen LogP contribution in [0.25, 0.3) is 0 Å². The molecule has 0 saturated carbocycles. The largest absolute Gasteiger partial charge is 0.179 e. The van der Waals surface area contributed by atoms with Gasteiger partial charge in [-0.15, -0.1) is 0 Å². The van der Waals surface area contributed by atoms with Crippen molar-refractivity contribution in [2.45, 2.75) is 43.9 Å². The van der Waals surface area contributed by atoms with E-state index < -0.39 is 0 Å². The van der Waals surface area contributed by atoms with Crippen molar-refractivity contribution in [1.29, 1.82) is 0 Å². The molecule has 62 valence electrons. The van der Waals surface area contributed by atoms with E-state index in [0.29, 0.717) is 0 Å². The first kappa shape index (κ1) is 10.8. The second-order valence-electron chi connectivity index (χ2n) is 2.61. The molecule has 0 heterocycles. The van der Waals surface area contributed by atoms with Gasteiger partial charge in [-0.3, -0.25) is 0 Å². The highest BCUT2D eigenvalue weighted by Crippen LogP contribution is 2.15. The van der Waals surface area contributed by atoms with Crippen LogP contribution in [0.1, 0.15) is 39.0 Å². The third kappa shape index (κ3) is 6.94. The molecule has 0 nitrogen and oxygen atoms in total. The molecule has 0 spiro atoms. The van der Waals surface area contributed by atoms with Gasteiger partial charge in [0.05, 0.1) is 0 Å². The maximum absolute atomic E-state index is 4.16. The maximum atomic E-state index is 4.16. The van der Waals surface area contributed by atoms with Crippen LogP contribution >= 0.6 is 28.6 Å². The molecule has 1 atom stereocenters. The summed E-state index contributed by atoms with van der Waals surface area (Å²) in [6, 6.07) is 0. The fourth-order valence-corrected chi connectivity index (χ4v) is 1.94. The number of unbranched alkanes of at least 4 members (excludes halogenated alkanes) is 1. The van der Waals surface area contributed by atoms with E-state index in [2.05, 4.69) is 35.5 Å². The molecule has 0 aliphatic carbocycles. The van der Waals surface area contributed by atoms with Crippen molar-refractivity contribution in [1.82, 2.24) is 0 Å². The molecule has 0 unspecified atom stereocenters. The fourth-order valence-electron chi connectivity index (χ4n) is 0.935. The molecule has 0 N–H and O–H groups in total. The first-order valence-corrected chi connectivity index (χ1v) is 5.61. The van der Waals surface area contributed by atoms with E-state index in [0.717, 1.165) is 10.6 Å².